The van der Waals surface area contributed by atoms with Gasteiger partial charge in [-0.3, -0.25) is 14.9 Å². The molecular weight excluding hydrogens is 232 g/mol. The zero-order valence-corrected chi connectivity index (χ0v) is 10.3. The molecule has 0 aliphatic rings. The molecule has 0 aliphatic carbocycles. The van der Waals surface area contributed by atoms with Crippen LogP contribution in [0.1, 0.15) is 29.3 Å². The number of carbonyl (C=O) groups is 1. The molecule has 1 rings (SSSR count). The van der Waals surface area contributed by atoms with Gasteiger partial charge in [0.2, 0.25) is 0 Å². The van der Waals surface area contributed by atoms with Gasteiger partial charge in [-0.25, -0.2) is 0 Å². The Morgan fingerprint density at radius 3 is 2.78 bits per heavy atom. The van der Waals surface area contributed by atoms with Crippen LogP contribution < -0.4 is 5.32 Å². The van der Waals surface area contributed by atoms with Gasteiger partial charge in [0.1, 0.15) is 0 Å². The van der Waals surface area contributed by atoms with Gasteiger partial charge >= 0.3 is 0 Å². The second-order valence-electron chi connectivity index (χ2n) is 4.04. The Morgan fingerprint density at radius 1 is 1.61 bits per heavy atom. The average molecular weight is 246 g/mol. The molecule has 1 N–H and O–H groups in total. The minimum Gasteiger partial charge on any atom is -0.349 e. The molecule has 0 spiro atoms. The predicted molar refractivity (Wildman–Crippen MR) is 68.2 cm³/mol. The molecule has 5 nitrogen and oxygen atoms in total. The third-order valence-electron chi connectivity index (χ3n) is 2.47. The average Bonchev–Trinajstić information content (AvgIpc) is 2.28. The van der Waals surface area contributed by atoms with Gasteiger partial charge in [0.25, 0.3) is 11.6 Å². The lowest BCUT2D eigenvalue weighted by Gasteiger charge is -2.12. The minimum absolute atomic E-state index is 0.0271. The van der Waals surface area contributed by atoms with Crippen molar-refractivity contribution in [2.75, 3.05) is 0 Å². The highest BCUT2D eigenvalue weighted by Gasteiger charge is 2.14. The van der Waals surface area contributed by atoms with E-state index in [2.05, 4.69) is 11.2 Å². The van der Waals surface area contributed by atoms with E-state index >= 15 is 0 Å². The molecule has 0 aliphatic heterocycles. The number of rotatable bonds is 4. The second kappa shape index (κ2) is 5.82. The van der Waals surface area contributed by atoms with Crippen molar-refractivity contribution < 1.29 is 9.72 Å². The number of nitrogens with one attached hydrogen (secondary N) is 1. The first-order valence-corrected chi connectivity index (χ1v) is 5.45. The summed E-state index contributed by atoms with van der Waals surface area (Å²) in [4.78, 5) is 22.0. The summed E-state index contributed by atoms with van der Waals surface area (Å²) in [5.41, 5.74) is 0.958. The van der Waals surface area contributed by atoms with Gasteiger partial charge in [-0.15, -0.1) is 12.3 Å². The van der Waals surface area contributed by atoms with Gasteiger partial charge in [0, 0.05) is 30.2 Å². The smallest absolute Gasteiger partial charge is 0.269 e. The van der Waals surface area contributed by atoms with Gasteiger partial charge in [-0.2, -0.15) is 0 Å². The zero-order chi connectivity index (χ0) is 13.7. The van der Waals surface area contributed by atoms with E-state index in [1.165, 1.54) is 18.2 Å². The summed E-state index contributed by atoms with van der Waals surface area (Å²) in [7, 11) is 0. The van der Waals surface area contributed by atoms with Crippen molar-refractivity contribution in [2.45, 2.75) is 26.3 Å². The van der Waals surface area contributed by atoms with E-state index in [1.807, 2.05) is 0 Å². The van der Waals surface area contributed by atoms with Crippen molar-refractivity contribution in [3.8, 4) is 12.3 Å². The first kappa shape index (κ1) is 13.7. The van der Waals surface area contributed by atoms with Crippen LogP contribution in [0.15, 0.2) is 18.2 Å². The molecule has 0 fully saturated rings. The van der Waals surface area contributed by atoms with E-state index in [9.17, 15) is 14.9 Å². The number of aryl methyl sites for hydroxylation is 1. The Hall–Kier alpha value is -2.35. The molecule has 0 heterocycles. The number of amides is 1. The fraction of sp³-hybridized carbons (Fsp3) is 0.308. The number of nitro benzene ring substituents is 1. The van der Waals surface area contributed by atoms with Crippen LogP contribution in [-0.2, 0) is 0 Å². The van der Waals surface area contributed by atoms with Gasteiger partial charge in [-0.1, -0.05) is 0 Å². The molecule has 0 bridgehead atoms. The lowest BCUT2D eigenvalue weighted by atomic mass is 10.1. The second-order valence-corrected chi connectivity index (χ2v) is 4.04. The van der Waals surface area contributed by atoms with Crippen molar-refractivity contribution in [2.24, 2.45) is 0 Å². The molecule has 0 saturated carbocycles. The van der Waals surface area contributed by atoms with Crippen LogP contribution in [0.4, 0.5) is 5.69 Å². The van der Waals surface area contributed by atoms with Crippen molar-refractivity contribution in [1.82, 2.24) is 5.32 Å². The SMILES string of the molecule is C#CCC(C)NC(=O)c1ccc([N+](=O)[O-])cc1C. The van der Waals surface area contributed by atoms with E-state index in [0.29, 0.717) is 17.5 Å². The summed E-state index contributed by atoms with van der Waals surface area (Å²) in [6.45, 7) is 3.46. The predicted octanol–water partition coefficient (Wildman–Crippen LogP) is 2.04. The first-order chi connectivity index (χ1) is 8.45. The zero-order valence-electron chi connectivity index (χ0n) is 10.3. The van der Waals surface area contributed by atoms with Crippen LogP contribution in [0.5, 0.6) is 0 Å². The highest BCUT2D eigenvalue weighted by molar-refractivity contribution is 5.96. The van der Waals surface area contributed by atoms with Gasteiger partial charge in [0.05, 0.1) is 4.92 Å². The van der Waals surface area contributed by atoms with Crippen molar-refractivity contribution in [3.63, 3.8) is 0 Å². The van der Waals surface area contributed by atoms with Crippen LogP contribution >= 0.6 is 0 Å². The molecule has 1 unspecified atom stereocenters. The number of carbonyl (C=O) groups excluding carboxylic acids is 1. The maximum Gasteiger partial charge on any atom is 0.269 e. The molecule has 18 heavy (non-hydrogen) atoms. The van der Waals surface area contributed by atoms with Crippen molar-refractivity contribution in [1.29, 1.82) is 0 Å². The Bertz CT molecular complexity index is 517. The first-order valence-electron chi connectivity index (χ1n) is 5.45. The number of nitro groups is 1. The number of hydrogen-bond acceptors (Lipinski definition) is 3. The maximum atomic E-state index is 11.9. The summed E-state index contributed by atoms with van der Waals surface area (Å²) < 4.78 is 0. The number of nitrogens with zero attached hydrogens (tertiary/aromatic N) is 1. The monoisotopic (exact) mass is 246 g/mol. The molecule has 94 valence electrons. The highest BCUT2D eigenvalue weighted by Crippen LogP contribution is 2.17. The Labute approximate surface area is 105 Å². The largest absolute Gasteiger partial charge is 0.349 e. The summed E-state index contributed by atoms with van der Waals surface area (Å²) in [6, 6.07) is 4.01. The molecule has 5 heteroatoms. The van der Waals surface area contributed by atoms with Crippen LogP contribution in [0.3, 0.4) is 0 Å². The quantitative estimate of drug-likeness (QED) is 0.502. The van der Waals surface area contributed by atoms with E-state index in [4.69, 9.17) is 6.42 Å². The Kier molecular flexibility index (Phi) is 4.44. The third kappa shape index (κ3) is 3.32. The summed E-state index contributed by atoms with van der Waals surface area (Å²) in [5, 5.41) is 13.3. The van der Waals surface area contributed by atoms with Gasteiger partial charge in [-0.05, 0) is 25.5 Å². The number of benzene rings is 1. The Balaban J connectivity index is 2.88. The molecular formula is C13H14N2O3. The van der Waals surface area contributed by atoms with Crippen LogP contribution in [0, 0.1) is 29.4 Å². The standard InChI is InChI=1S/C13H14N2O3/c1-4-5-10(3)14-13(16)12-7-6-11(15(17)18)8-9(12)2/h1,6-8,10H,5H2,2-3H3,(H,14,16). The van der Waals surface area contributed by atoms with Crippen LogP contribution in [0.25, 0.3) is 0 Å². The summed E-state index contributed by atoms with van der Waals surface area (Å²) in [6.07, 6.45) is 5.59. The number of non-ortho nitro benzene ring substituents is 1. The van der Waals surface area contributed by atoms with Crippen LogP contribution in [-0.4, -0.2) is 16.9 Å². The molecule has 1 atom stereocenters. The topological polar surface area (TPSA) is 72.2 Å². The van der Waals surface area contributed by atoms with Crippen LogP contribution in [0.2, 0.25) is 0 Å². The van der Waals surface area contributed by atoms with Gasteiger partial charge < -0.3 is 5.32 Å². The number of hydrogen-bond donors (Lipinski definition) is 1. The van der Waals surface area contributed by atoms with E-state index in [-0.39, 0.29) is 17.6 Å². The van der Waals surface area contributed by atoms with Crippen molar-refractivity contribution in [3.05, 3.63) is 39.4 Å². The van der Waals surface area contributed by atoms with Gasteiger partial charge in [0.15, 0.2) is 0 Å². The van der Waals surface area contributed by atoms with E-state index < -0.39 is 4.92 Å². The molecule has 1 amide bonds. The van der Waals surface area contributed by atoms with E-state index in [0.717, 1.165) is 0 Å². The molecule has 1 aromatic carbocycles. The minimum atomic E-state index is -0.490. The lowest BCUT2D eigenvalue weighted by Crippen LogP contribution is -2.32. The summed E-state index contributed by atoms with van der Waals surface area (Å²) in [5.74, 6) is 2.19. The molecule has 0 saturated heterocycles. The maximum absolute atomic E-state index is 11.9. The third-order valence-corrected chi connectivity index (χ3v) is 2.47. The fourth-order valence-corrected chi connectivity index (χ4v) is 1.55. The highest BCUT2D eigenvalue weighted by atomic mass is 16.6. The number of terminal acetylenes is 1. The Morgan fingerprint density at radius 2 is 2.28 bits per heavy atom. The molecule has 0 aromatic heterocycles. The van der Waals surface area contributed by atoms with E-state index in [1.54, 1.807) is 13.8 Å². The normalized spacial score (nSPS) is 11.4. The molecule has 0 radical (unpaired) electrons. The lowest BCUT2D eigenvalue weighted by molar-refractivity contribution is -0.384. The summed E-state index contributed by atoms with van der Waals surface area (Å²) >= 11 is 0. The molecule has 1 aromatic rings. The van der Waals surface area contributed by atoms with Crippen molar-refractivity contribution >= 4 is 11.6 Å². The fourth-order valence-electron chi connectivity index (χ4n) is 1.55.